The lowest BCUT2D eigenvalue weighted by Crippen LogP contribution is -1.95. The van der Waals surface area contributed by atoms with E-state index in [9.17, 15) is 0 Å². The molecule has 16 heavy (non-hydrogen) atoms. The Hall–Kier alpha value is -1.73. The second-order valence-corrected chi connectivity index (χ2v) is 4.61. The molecule has 0 amide bonds. The second kappa shape index (κ2) is 3.69. The molecule has 1 aliphatic rings. The minimum absolute atomic E-state index is 0.753. The van der Waals surface area contributed by atoms with E-state index in [1.54, 1.807) is 6.20 Å². The van der Waals surface area contributed by atoms with Crippen LogP contribution in [0.25, 0.3) is 11.3 Å². The Balaban J connectivity index is 2.24. The molecule has 0 fully saturated rings. The summed E-state index contributed by atoms with van der Waals surface area (Å²) in [6.07, 6.45) is 3.56. The van der Waals surface area contributed by atoms with Gasteiger partial charge in [-0.3, -0.25) is 4.98 Å². The van der Waals surface area contributed by atoms with Crippen molar-refractivity contribution in [2.24, 2.45) is 0 Å². The van der Waals surface area contributed by atoms with Crippen molar-refractivity contribution in [1.29, 1.82) is 5.26 Å². The molecule has 0 N–H and O–H groups in total. The fraction of sp³-hybridized carbons (Fsp3) is 0.167. The number of nitrogens with zero attached hydrogens (tertiary/aromatic N) is 3. The molecular weight excluding hydrogens is 218 g/mol. The van der Waals surface area contributed by atoms with Crippen molar-refractivity contribution in [3.05, 3.63) is 41.9 Å². The quantitative estimate of drug-likeness (QED) is 0.752. The van der Waals surface area contributed by atoms with E-state index in [1.165, 1.54) is 5.69 Å². The molecule has 78 valence electrons. The molecule has 3 rings (SSSR count). The third-order valence-corrected chi connectivity index (χ3v) is 3.65. The van der Waals surface area contributed by atoms with E-state index in [4.69, 9.17) is 5.26 Å². The molecule has 0 spiro atoms. The van der Waals surface area contributed by atoms with Gasteiger partial charge in [-0.1, -0.05) is 0 Å². The van der Waals surface area contributed by atoms with Crippen molar-refractivity contribution in [3.8, 4) is 17.3 Å². The highest BCUT2D eigenvalue weighted by Gasteiger charge is 2.20. The summed E-state index contributed by atoms with van der Waals surface area (Å²) in [6, 6.07) is 8.15. The van der Waals surface area contributed by atoms with E-state index < -0.39 is 0 Å². The summed E-state index contributed by atoms with van der Waals surface area (Å²) in [7, 11) is 0. The predicted octanol–water partition coefficient (Wildman–Crippen LogP) is 2.63. The van der Waals surface area contributed by atoms with Gasteiger partial charge in [-0.05, 0) is 18.2 Å². The average Bonchev–Trinajstić information content (AvgIpc) is 2.89. The van der Waals surface area contributed by atoms with Crippen LogP contribution in [0.15, 0.2) is 30.6 Å². The second-order valence-electron chi connectivity index (χ2n) is 3.66. The average molecular weight is 227 g/mol. The number of hydrogen-bond acceptors (Lipinski definition) is 3. The van der Waals surface area contributed by atoms with Crippen molar-refractivity contribution in [2.75, 3.05) is 0 Å². The van der Waals surface area contributed by atoms with Crippen LogP contribution in [0.1, 0.15) is 11.3 Å². The van der Waals surface area contributed by atoms with Gasteiger partial charge in [0.05, 0.1) is 17.1 Å². The summed E-state index contributed by atoms with van der Waals surface area (Å²) in [5.41, 5.74) is 4.02. The Kier molecular flexibility index (Phi) is 2.19. The van der Waals surface area contributed by atoms with Gasteiger partial charge in [0.2, 0.25) is 0 Å². The maximum atomic E-state index is 9.15. The fourth-order valence-electron chi connectivity index (χ4n) is 2.01. The highest BCUT2D eigenvalue weighted by Crippen LogP contribution is 2.34. The molecule has 2 aromatic rings. The first-order valence-electron chi connectivity index (χ1n) is 5.01. The molecular formula is C12H9N3S. The van der Waals surface area contributed by atoms with Gasteiger partial charge < -0.3 is 4.57 Å². The summed E-state index contributed by atoms with van der Waals surface area (Å²) >= 11 is 1.87. The standard InChI is InChI=1S/C12H9N3S/c13-5-10-4-11-7-16-8-15(11)12(10)9-2-1-3-14-6-9/h1-4,6H,7-8H2. The number of rotatable bonds is 1. The smallest absolute Gasteiger partial charge is 0.101 e. The van der Waals surface area contributed by atoms with Crippen LogP contribution in [0.5, 0.6) is 0 Å². The first-order valence-corrected chi connectivity index (χ1v) is 6.16. The summed E-state index contributed by atoms with van der Waals surface area (Å²) in [6.45, 7) is 0. The molecule has 0 aromatic carbocycles. The molecule has 0 aliphatic carbocycles. The van der Waals surface area contributed by atoms with Gasteiger partial charge in [-0.15, -0.1) is 11.8 Å². The van der Waals surface area contributed by atoms with E-state index in [-0.39, 0.29) is 0 Å². The summed E-state index contributed by atoms with van der Waals surface area (Å²) in [5.74, 6) is 1.93. The van der Waals surface area contributed by atoms with Crippen molar-refractivity contribution in [2.45, 2.75) is 11.6 Å². The molecule has 0 unspecified atom stereocenters. The predicted molar refractivity (Wildman–Crippen MR) is 63.7 cm³/mol. The van der Waals surface area contributed by atoms with Crippen LogP contribution >= 0.6 is 11.8 Å². The molecule has 0 atom stereocenters. The topological polar surface area (TPSA) is 41.6 Å². The van der Waals surface area contributed by atoms with Crippen LogP contribution in [0, 0.1) is 11.3 Å². The Morgan fingerprint density at radius 2 is 2.44 bits per heavy atom. The Morgan fingerprint density at radius 3 is 3.19 bits per heavy atom. The van der Waals surface area contributed by atoms with E-state index >= 15 is 0 Å². The number of hydrogen-bond donors (Lipinski definition) is 0. The first kappa shape index (κ1) is 9.49. The lowest BCUT2D eigenvalue weighted by atomic mass is 10.1. The van der Waals surface area contributed by atoms with Crippen molar-refractivity contribution in [3.63, 3.8) is 0 Å². The Morgan fingerprint density at radius 1 is 1.50 bits per heavy atom. The van der Waals surface area contributed by atoms with Crippen LogP contribution in [0.4, 0.5) is 0 Å². The largest absolute Gasteiger partial charge is 0.333 e. The zero-order chi connectivity index (χ0) is 11.0. The number of thioether (sulfide) groups is 1. The molecule has 3 nitrogen and oxygen atoms in total. The van der Waals surface area contributed by atoms with Gasteiger partial charge in [0.1, 0.15) is 6.07 Å². The third kappa shape index (κ3) is 1.33. The lowest BCUT2D eigenvalue weighted by molar-refractivity contribution is 0.896. The van der Waals surface area contributed by atoms with Gasteiger partial charge in [0, 0.05) is 29.4 Å². The normalized spacial score (nSPS) is 13.4. The van der Waals surface area contributed by atoms with Gasteiger partial charge in [0.15, 0.2) is 0 Å². The third-order valence-electron chi connectivity index (χ3n) is 2.71. The molecule has 1 aliphatic heterocycles. The maximum absolute atomic E-state index is 9.15. The van der Waals surface area contributed by atoms with Crippen LogP contribution in [0.2, 0.25) is 0 Å². The maximum Gasteiger partial charge on any atom is 0.101 e. The molecule has 0 saturated heterocycles. The summed E-state index contributed by atoms with van der Waals surface area (Å²) in [5, 5.41) is 9.15. The number of nitriles is 1. The zero-order valence-corrected chi connectivity index (χ0v) is 9.37. The SMILES string of the molecule is N#Cc1cc2n(c1-c1cccnc1)CSC2. The monoisotopic (exact) mass is 227 g/mol. The van der Waals surface area contributed by atoms with Crippen LogP contribution in [-0.2, 0) is 11.6 Å². The van der Waals surface area contributed by atoms with Gasteiger partial charge in [-0.25, -0.2) is 0 Å². The number of aromatic nitrogens is 2. The van der Waals surface area contributed by atoms with Gasteiger partial charge in [0.25, 0.3) is 0 Å². The highest BCUT2D eigenvalue weighted by atomic mass is 32.2. The molecule has 0 bridgehead atoms. The number of pyridine rings is 1. The molecule has 0 saturated carbocycles. The number of fused-ring (bicyclic) bond motifs is 1. The van der Waals surface area contributed by atoms with E-state index in [0.29, 0.717) is 0 Å². The van der Waals surface area contributed by atoms with Crippen molar-refractivity contribution >= 4 is 11.8 Å². The lowest BCUT2D eigenvalue weighted by Gasteiger charge is -2.05. The van der Waals surface area contributed by atoms with Gasteiger partial charge in [-0.2, -0.15) is 5.26 Å². The summed E-state index contributed by atoms with van der Waals surface area (Å²) < 4.78 is 2.21. The minimum Gasteiger partial charge on any atom is -0.333 e. The van der Waals surface area contributed by atoms with E-state index in [1.807, 2.05) is 36.2 Å². The van der Waals surface area contributed by atoms with Crippen molar-refractivity contribution in [1.82, 2.24) is 9.55 Å². The summed E-state index contributed by atoms with van der Waals surface area (Å²) in [4.78, 5) is 4.11. The van der Waals surface area contributed by atoms with Crippen LogP contribution < -0.4 is 0 Å². The molecule has 0 radical (unpaired) electrons. The first-order chi connectivity index (χ1) is 7.90. The fourth-order valence-corrected chi connectivity index (χ4v) is 3.03. The molecule has 2 aromatic heterocycles. The van der Waals surface area contributed by atoms with E-state index in [0.717, 1.165) is 28.5 Å². The molecule has 3 heterocycles. The minimum atomic E-state index is 0.753. The van der Waals surface area contributed by atoms with Gasteiger partial charge >= 0.3 is 0 Å². The zero-order valence-electron chi connectivity index (χ0n) is 8.55. The van der Waals surface area contributed by atoms with Crippen LogP contribution in [0.3, 0.4) is 0 Å². The molecule has 4 heteroatoms. The van der Waals surface area contributed by atoms with Crippen molar-refractivity contribution < 1.29 is 0 Å². The highest BCUT2D eigenvalue weighted by molar-refractivity contribution is 7.97. The Bertz CT molecular complexity index is 566. The Labute approximate surface area is 97.7 Å². The van der Waals surface area contributed by atoms with E-state index in [2.05, 4.69) is 15.6 Å². The van der Waals surface area contributed by atoms with Crippen LogP contribution in [-0.4, -0.2) is 9.55 Å².